The van der Waals surface area contributed by atoms with E-state index in [1.165, 1.54) is 11.3 Å². The van der Waals surface area contributed by atoms with Gasteiger partial charge in [0.2, 0.25) is 0 Å². The number of amides is 2. The minimum atomic E-state index is -0.279. The Labute approximate surface area is 149 Å². The molecule has 2 N–H and O–H groups in total. The molecule has 0 fully saturated rings. The number of thiophene rings is 1. The quantitative estimate of drug-likeness (QED) is 0.725. The smallest absolute Gasteiger partial charge is 0.256 e. The first-order valence-corrected chi connectivity index (χ1v) is 8.49. The summed E-state index contributed by atoms with van der Waals surface area (Å²) in [6.45, 7) is 0. The van der Waals surface area contributed by atoms with Crippen molar-refractivity contribution in [3.63, 3.8) is 0 Å². The van der Waals surface area contributed by atoms with E-state index in [1.807, 2.05) is 30.3 Å². The van der Waals surface area contributed by atoms with Gasteiger partial charge in [-0.15, -0.1) is 11.3 Å². The summed E-state index contributed by atoms with van der Waals surface area (Å²) in [7, 11) is 1.55. The number of para-hydroxylation sites is 1. The van der Waals surface area contributed by atoms with Gasteiger partial charge in [0.25, 0.3) is 11.8 Å². The number of hydrogen-bond donors (Lipinski definition) is 2. The van der Waals surface area contributed by atoms with E-state index in [4.69, 9.17) is 4.74 Å². The highest BCUT2D eigenvalue weighted by atomic mass is 32.1. The van der Waals surface area contributed by atoms with Crippen molar-refractivity contribution in [1.82, 2.24) is 5.32 Å². The van der Waals surface area contributed by atoms with E-state index in [2.05, 4.69) is 10.6 Å². The second kappa shape index (κ2) is 7.63. The molecular formula is C19H16N2O3S. The third-order valence-electron chi connectivity index (χ3n) is 3.46. The lowest BCUT2D eigenvalue weighted by Crippen LogP contribution is -2.20. The molecule has 0 saturated carbocycles. The first-order valence-electron chi connectivity index (χ1n) is 7.61. The molecule has 126 valence electrons. The highest BCUT2D eigenvalue weighted by Gasteiger charge is 2.14. The molecule has 3 aromatic rings. The van der Waals surface area contributed by atoms with E-state index in [-0.39, 0.29) is 11.8 Å². The van der Waals surface area contributed by atoms with Crippen LogP contribution >= 0.6 is 11.3 Å². The Kier molecular flexibility index (Phi) is 5.11. The average molecular weight is 352 g/mol. The maximum Gasteiger partial charge on any atom is 0.256 e. The molecule has 6 heteroatoms. The van der Waals surface area contributed by atoms with Crippen LogP contribution in [-0.4, -0.2) is 18.9 Å². The molecule has 0 unspecified atom stereocenters. The van der Waals surface area contributed by atoms with E-state index in [0.29, 0.717) is 21.9 Å². The molecule has 0 aliphatic carbocycles. The normalized spacial score (nSPS) is 10.1. The third kappa shape index (κ3) is 4.05. The van der Waals surface area contributed by atoms with Crippen molar-refractivity contribution in [3.8, 4) is 11.5 Å². The number of ether oxygens (including phenoxy) is 1. The van der Waals surface area contributed by atoms with Crippen LogP contribution in [0.2, 0.25) is 0 Å². The largest absolute Gasteiger partial charge is 0.457 e. The molecule has 5 nitrogen and oxygen atoms in total. The molecule has 0 aliphatic rings. The molecule has 0 bridgehead atoms. The first kappa shape index (κ1) is 16.7. The fourth-order valence-corrected chi connectivity index (χ4v) is 2.97. The van der Waals surface area contributed by atoms with E-state index in [0.717, 1.165) is 5.75 Å². The van der Waals surface area contributed by atoms with Crippen molar-refractivity contribution in [2.24, 2.45) is 0 Å². The SMILES string of the molecule is CNC(=O)c1ccsc1NC(=O)c1ccc(Oc2ccccc2)cc1. The van der Waals surface area contributed by atoms with Gasteiger partial charge >= 0.3 is 0 Å². The molecule has 0 spiro atoms. The molecule has 1 heterocycles. The number of hydrogen-bond acceptors (Lipinski definition) is 4. The molecule has 3 rings (SSSR count). The number of carbonyl (C=O) groups is 2. The summed E-state index contributed by atoms with van der Waals surface area (Å²) in [5, 5.41) is 7.60. The summed E-state index contributed by atoms with van der Waals surface area (Å²) < 4.78 is 5.70. The molecule has 0 atom stereocenters. The Morgan fingerprint density at radius 1 is 0.880 bits per heavy atom. The van der Waals surface area contributed by atoms with Gasteiger partial charge in [-0.05, 0) is 47.8 Å². The number of anilines is 1. The van der Waals surface area contributed by atoms with Crippen molar-refractivity contribution in [2.45, 2.75) is 0 Å². The first-order chi connectivity index (χ1) is 12.2. The van der Waals surface area contributed by atoms with Crippen molar-refractivity contribution in [2.75, 3.05) is 12.4 Å². The van der Waals surface area contributed by atoms with Crippen LogP contribution in [0.15, 0.2) is 66.0 Å². The Bertz CT molecular complexity index is 873. The molecule has 1 aromatic heterocycles. The lowest BCUT2D eigenvalue weighted by atomic mass is 10.2. The highest BCUT2D eigenvalue weighted by molar-refractivity contribution is 7.14. The maximum absolute atomic E-state index is 12.4. The Morgan fingerprint density at radius 3 is 2.24 bits per heavy atom. The summed E-state index contributed by atoms with van der Waals surface area (Å²) >= 11 is 1.30. The van der Waals surface area contributed by atoms with Crippen LogP contribution in [0.1, 0.15) is 20.7 Å². The molecule has 2 amide bonds. The van der Waals surface area contributed by atoms with Crippen molar-refractivity contribution in [3.05, 3.63) is 77.2 Å². The fourth-order valence-electron chi connectivity index (χ4n) is 2.19. The van der Waals surface area contributed by atoms with Gasteiger partial charge in [0.05, 0.1) is 5.56 Å². The van der Waals surface area contributed by atoms with Crippen LogP contribution in [0, 0.1) is 0 Å². The third-order valence-corrected chi connectivity index (χ3v) is 4.29. The fraction of sp³-hybridized carbons (Fsp3) is 0.0526. The summed E-state index contributed by atoms with van der Waals surface area (Å²) in [5.74, 6) is 0.862. The van der Waals surface area contributed by atoms with E-state index >= 15 is 0 Å². The van der Waals surface area contributed by atoms with Gasteiger partial charge in [-0.3, -0.25) is 9.59 Å². The summed E-state index contributed by atoms with van der Waals surface area (Å²) in [5.41, 5.74) is 0.932. The van der Waals surface area contributed by atoms with Crippen LogP contribution in [-0.2, 0) is 0 Å². The molecule has 25 heavy (non-hydrogen) atoms. The molecule has 0 radical (unpaired) electrons. The summed E-state index contributed by atoms with van der Waals surface area (Å²) in [6, 6.07) is 17.9. The lowest BCUT2D eigenvalue weighted by molar-refractivity contribution is 0.0964. The van der Waals surface area contributed by atoms with Crippen LogP contribution in [0.25, 0.3) is 0 Å². The minimum absolute atomic E-state index is 0.233. The van der Waals surface area contributed by atoms with Crippen molar-refractivity contribution >= 4 is 28.2 Å². The van der Waals surface area contributed by atoms with Crippen LogP contribution in [0.3, 0.4) is 0 Å². The van der Waals surface area contributed by atoms with E-state index < -0.39 is 0 Å². The molecule has 2 aromatic carbocycles. The van der Waals surface area contributed by atoms with E-state index in [9.17, 15) is 9.59 Å². The molecular weight excluding hydrogens is 336 g/mol. The van der Waals surface area contributed by atoms with Gasteiger partial charge in [0, 0.05) is 12.6 Å². The van der Waals surface area contributed by atoms with Crippen molar-refractivity contribution < 1.29 is 14.3 Å². The standard InChI is InChI=1S/C19H16N2O3S/c1-20-18(23)16-11-12-25-19(16)21-17(22)13-7-9-15(10-8-13)24-14-5-3-2-4-6-14/h2-12H,1H3,(H,20,23)(H,21,22). The molecule has 0 saturated heterocycles. The zero-order chi connectivity index (χ0) is 17.6. The number of rotatable bonds is 5. The Balaban J connectivity index is 1.69. The average Bonchev–Trinajstić information content (AvgIpc) is 3.10. The second-order valence-electron chi connectivity index (χ2n) is 5.14. The van der Waals surface area contributed by atoms with Gasteiger partial charge in [0.1, 0.15) is 16.5 Å². The predicted molar refractivity (Wildman–Crippen MR) is 98.6 cm³/mol. The Morgan fingerprint density at radius 2 is 1.56 bits per heavy atom. The van der Waals surface area contributed by atoms with Gasteiger partial charge < -0.3 is 15.4 Å². The molecule has 0 aliphatic heterocycles. The van der Waals surface area contributed by atoms with Gasteiger partial charge in [-0.2, -0.15) is 0 Å². The number of carbonyl (C=O) groups excluding carboxylic acids is 2. The van der Waals surface area contributed by atoms with Gasteiger partial charge in [-0.25, -0.2) is 0 Å². The van der Waals surface area contributed by atoms with Crippen LogP contribution in [0.4, 0.5) is 5.00 Å². The lowest BCUT2D eigenvalue weighted by Gasteiger charge is -2.08. The van der Waals surface area contributed by atoms with Crippen molar-refractivity contribution in [1.29, 1.82) is 0 Å². The zero-order valence-corrected chi connectivity index (χ0v) is 14.3. The van der Waals surface area contributed by atoms with Gasteiger partial charge in [0.15, 0.2) is 0 Å². The predicted octanol–water partition coefficient (Wildman–Crippen LogP) is 4.15. The maximum atomic E-state index is 12.4. The Hall–Kier alpha value is -3.12. The second-order valence-corrected chi connectivity index (χ2v) is 6.05. The number of benzene rings is 2. The van der Waals surface area contributed by atoms with Crippen LogP contribution in [0.5, 0.6) is 11.5 Å². The number of nitrogens with one attached hydrogen (secondary N) is 2. The van der Waals surface area contributed by atoms with Gasteiger partial charge in [-0.1, -0.05) is 18.2 Å². The van der Waals surface area contributed by atoms with Crippen LogP contribution < -0.4 is 15.4 Å². The monoisotopic (exact) mass is 352 g/mol. The van der Waals surface area contributed by atoms with E-state index in [1.54, 1.807) is 42.8 Å². The summed E-state index contributed by atoms with van der Waals surface area (Å²) in [4.78, 5) is 24.1. The highest BCUT2D eigenvalue weighted by Crippen LogP contribution is 2.25. The summed E-state index contributed by atoms with van der Waals surface area (Å²) in [6.07, 6.45) is 0. The minimum Gasteiger partial charge on any atom is -0.457 e. The zero-order valence-electron chi connectivity index (χ0n) is 13.5. The topological polar surface area (TPSA) is 67.4 Å².